The highest BCUT2D eigenvalue weighted by molar-refractivity contribution is 6.44. The SMILES string of the molecule is ClCCOCC[SiH2]OCCC(Cl)Cl. The van der Waals surface area contributed by atoms with Crippen molar-refractivity contribution in [1.29, 1.82) is 0 Å². The molecule has 0 aliphatic carbocycles. The van der Waals surface area contributed by atoms with E-state index < -0.39 is 9.76 Å². The summed E-state index contributed by atoms with van der Waals surface area (Å²) in [6, 6.07) is 1.02. The van der Waals surface area contributed by atoms with Crippen molar-refractivity contribution in [2.75, 3.05) is 25.7 Å². The van der Waals surface area contributed by atoms with Gasteiger partial charge in [0.05, 0.1) is 6.61 Å². The van der Waals surface area contributed by atoms with Gasteiger partial charge in [-0.05, 0) is 12.5 Å². The van der Waals surface area contributed by atoms with Crippen LogP contribution in [0.25, 0.3) is 0 Å². The Morgan fingerprint density at radius 3 is 2.54 bits per heavy atom. The molecule has 0 unspecified atom stereocenters. The van der Waals surface area contributed by atoms with Crippen LogP contribution in [-0.4, -0.2) is 40.3 Å². The van der Waals surface area contributed by atoms with Crippen LogP contribution in [0.3, 0.4) is 0 Å². The van der Waals surface area contributed by atoms with Crippen LogP contribution < -0.4 is 0 Å². The first-order valence-electron chi connectivity index (χ1n) is 4.27. The Morgan fingerprint density at radius 1 is 1.15 bits per heavy atom. The Hall–Kier alpha value is 1.01. The van der Waals surface area contributed by atoms with Gasteiger partial charge in [0.15, 0.2) is 9.76 Å². The van der Waals surface area contributed by atoms with Gasteiger partial charge in [-0.25, -0.2) is 0 Å². The molecule has 13 heavy (non-hydrogen) atoms. The van der Waals surface area contributed by atoms with Crippen LogP contribution in [0.4, 0.5) is 0 Å². The maximum Gasteiger partial charge on any atom is 0.163 e. The van der Waals surface area contributed by atoms with Crippen LogP contribution >= 0.6 is 34.8 Å². The summed E-state index contributed by atoms with van der Waals surface area (Å²) in [7, 11) is -0.445. The van der Waals surface area contributed by atoms with Crippen molar-refractivity contribution in [3.8, 4) is 0 Å². The van der Waals surface area contributed by atoms with Crippen LogP contribution in [-0.2, 0) is 9.16 Å². The zero-order valence-electron chi connectivity index (χ0n) is 7.48. The fourth-order valence-corrected chi connectivity index (χ4v) is 1.88. The molecule has 0 aromatic heterocycles. The molecule has 0 saturated heterocycles. The van der Waals surface area contributed by atoms with Crippen LogP contribution in [0, 0.1) is 0 Å². The molecule has 0 spiro atoms. The molecule has 0 amide bonds. The van der Waals surface area contributed by atoms with E-state index in [1.807, 2.05) is 0 Å². The summed E-state index contributed by atoms with van der Waals surface area (Å²) >= 11 is 16.5. The maximum atomic E-state index is 5.52. The van der Waals surface area contributed by atoms with E-state index in [4.69, 9.17) is 44.0 Å². The van der Waals surface area contributed by atoms with Gasteiger partial charge in [-0.1, -0.05) is 0 Å². The van der Waals surface area contributed by atoms with E-state index in [9.17, 15) is 0 Å². The van der Waals surface area contributed by atoms with Crippen molar-refractivity contribution in [3.05, 3.63) is 0 Å². The lowest BCUT2D eigenvalue weighted by molar-refractivity contribution is 0.161. The summed E-state index contributed by atoms with van der Waals surface area (Å²) in [5, 5.41) is 0. The van der Waals surface area contributed by atoms with Crippen LogP contribution in [0.15, 0.2) is 0 Å². The van der Waals surface area contributed by atoms with Gasteiger partial charge in [-0.15, -0.1) is 34.8 Å². The molecule has 0 rings (SSSR count). The quantitative estimate of drug-likeness (QED) is 0.360. The Balaban J connectivity index is 2.84. The highest BCUT2D eigenvalue weighted by atomic mass is 35.5. The molecule has 0 saturated carbocycles. The van der Waals surface area contributed by atoms with E-state index in [0.29, 0.717) is 25.5 Å². The number of ether oxygens (including phenoxy) is 1. The van der Waals surface area contributed by atoms with E-state index in [-0.39, 0.29) is 4.84 Å². The largest absolute Gasteiger partial charge is 0.424 e. The lowest BCUT2D eigenvalue weighted by Gasteiger charge is -2.04. The van der Waals surface area contributed by atoms with Crippen molar-refractivity contribution < 1.29 is 9.16 Å². The fraction of sp³-hybridized carbons (Fsp3) is 1.00. The number of alkyl halides is 3. The van der Waals surface area contributed by atoms with Gasteiger partial charge >= 0.3 is 0 Å². The van der Waals surface area contributed by atoms with E-state index in [0.717, 1.165) is 12.7 Å². The molecule has 6 heteroatoms. The summed E-state index contributed by atoms with van der Waals surface area (Å²) < 4.78 is 10.6. The van der Waals surface area contributed by atoms with Crippen molar-refractivity contribution in [2.45, 2.75) is 17.3 Å². The van der Waals surface area contributed by atoms with Crippen molar-refractivity contribution in [2.24, 2.45) is 0 Å². The lowest BCUT2D eigenvalue weighted by Crippen LogP contribution is -2.07. The molecular weight excluding hydrogens is 251 g/mol. The van der Waals surface area contributed by atoms with Gasteiger partial charge in [0, 0.05) is 19.1 Å². The van der Waals surface area contributed by atoms with Crippen LogP contribution in [0.1, 0.15) is 6.42 Å². The minimum Gasteiger partial charge on any atom is -0.424 e. The van der Waals surface area contributed by atoms with Crippen LogP contribution in [0.5, 0.6) is 0 Å². The van der Waals surface area contributed by atoms with E-state index in [1.54, 1.807) is 0 Å². The molecular formula is C7H15Cl3O2Si. The summed E-state index contributed by atoms with van der Waals surface area (Å²) in [5.41, 5.74) is 0. The molecule has 0 radical (unpaired) electrons. The Kier molecular flexibility index (Phi) is 11.9. The molecule has 0 N–H and O–H groups in total. The molecule has 0 fully saturated rings. The number of hydrogen-bond donors (Lipinski definition) is 0. The molecule has 0 aliphatic heterocycles. The third-order valence-corrected chi connectivity index (χ3v) is 3.02. The minimum atomic E-state index is -0.445. The summed E-state index contributed by atoms with van der Waals surface area (Å²) in [5.74, 6) is 0.558. The number of rotatable bonds is 9. The van der Waals surface area contributed by atoms with E-state index in [2.05, 4.69) is 0 Å². The third kappa shape index (κ3) is 13.0. The second kappa shape index (κ2) is 11.1. The monoisotopic (exact) mass is 264 g/mol. The van der Waals surface area contributed by atoms with Crippen molar-refractivity contribution >= 4 is 44.6 Å². The van der Waals surface area contributed by atoms with Crippen LogP contribution in [0.2, 0.25) is 6.04 Å². The first-order valence-corrected chi connectivity index (χ1v) is 7.25. The average molecular weight is 266 g/mol. The van der Waals surface area contributed by atoms with Gasteiger partial charge in [0.2, 0.25) is 0 Å². The second-order valence-corrected chi connectivity index (χ2v) is 5.63. The Bertz CT molecular complexity index is 106. The highest BCUT2D eigenvalue weighted by Gasteiger charge is 1.97. The summed E-state index contributed by atoms with van der Waals surface area (Å²) in [4.78, 5) is -0.304. The summed E-state index contributed by atoms with van der Waals surface area (Å²) in [6.45, 7) is 2.05. The highest BCUT2D eigenvalue weighted by Crippen LogP contribution is 2.05. The minimum absolute atomic E-state index is 0.304. The van der Waals surface area contributed by atoms with E-state index in [1.165, 1.54) is 0 Å². The molecule has 0 heterocycles. The predicted molar refractivity (Wildman–Crippen MR) is 61.0 cm³/mol. The molecule has 0 bridgehead atoms. The zero-order chi connectivity index (χ0) is 9.94. The number of hydrogen-bond acceptors (Lipinski definition) is 2. The first-order chi connectivity index (χ1) is 6.27. The summed E-state index contributed by atoms with van der Waals surface area (Å²) in [6.07, 6.45) is 0.707. The van der Waals surface area contributed by atoms with Gasteiger partial charge in [0.25, 0.3) is 0 Å². The molecule has 0 aromatic rings. The first kappa shape index (κ1) is 14.0. The Morgan fingerprint density at radius 2 is 1.92 bits per heavy atom. The van der Waals surface area contributed by atoms with Crippen molar-refractivity contribution in [1.82, 2.24) is 0 Å². The zero-order valence-corrected chi connectivity index (χ0v) is 11.2. The Labute approximate surface area is 96.8 Å². The molecule has 0 aliphatic rings. The normalized spacial score (nSPS) is 12.0. The average Bonchev–Trinajstić information content (AvgIpc) is 2.09. The second-order valence-electron chi connectivity index (χ2n) is 2.45. The topological polar surface area (TPSA) is 18.5 Å². The molecule has 2 nitrogen and oxygen atoms in total. The molecule has 80 valence electrons. The fourth-order valence-electron chi connectivity index (χ4n) is 0.694. The predicted octanol–water partition coefficient (Wildman–Crippen LogP) is 1.95. The molecule has 0 atom stereocenters. The smallest absolute Gasteiger partial charge is 0.163 e. The lowest BCUT2D eigenvalue weighted by atomic mass is 10.5. The van der Waals surface area contributed by atoms with E-state index >= 15 is 0 Å². The van der Waals surface area contributed by atoms with Crippen molar-refractivity contribution in [3.63, 3.8) is 0 Å². The maximum absolute atomic E-state index is 5.52. The van der Waals surface area contributed by atoms with Gasteiger partial charge in [0.1, 0.15) is 4.84 Å². The third-order valence-electron chi connectivity index (χ3n) is 1.28. The molecule has 0 aromatic carbocycles. The van der Waals surface area contributed by atoms with Gasteiger partial charge < -0.3 is 9.16 Å². The van der Waals surface area contributed by atoms with Gasteiger partial charge in [-0.2, -0.15) is 0 Å². The number of halogens is 3. The standard InChI is InChI=1S/C7H15Cl3O2Si/c8-2-4-11-5-6-13-12-3-1-7(9)10/h7H,1-6,13H2. The van der Waals surface area contributed by atoms with Gasteiger partial charge in [-0.3, -0.25) is 0 Å².